The molecule has 1 aromatic heterocycles. The number of hydrogen-bond donors (Lipinski definition) is 1. The minimum Gasteiger partial charge on any atom is -0.386 e. The molecular formula is C25H25NO. The Kier molecular flexibility index (Phi) is 4.24. The van der Waals surface area contributed by atoms with E-state index in [1.807, 2.05) is 32.2 Å². The molecule has 0 radical (unpaired) electrons. The largest absolute Gasteiger partial charge is 0.386 e. The summed E-state index contributed by atoms with van der Waals surface area (Å²) in [6.45, 7) is 8.09. The van der Waals surface area contributed by atoms with Crippen molar-refractivity contribution in [2.24, 2.45) is 0 Å². The number of hydrogen-bond acceptors (Lipinski definition) is 2. The van der Waals surface area contributed by atoms with Gasteiger partial charge in [-0.25, -0.2) is 0 Å². The Morgan fingerprint density at radius 3 is 2.22 bits per heavy atom. The fourth-order valence-electron chi connectivity index (χ4n) is 3.71. The van der Waals surface area contributed by atoms with E-state index in [1.165, 1.54) is 10.9 Å². The maximum Gasteiger partial charge on any atom is 0.0847 e. The van der Waals surface area contributed by atoms with E-state index in [4.69, 9.17) is 4.98 Å². The van der Waals surface area contributed by atoms with Crippen molar-refractivity contribution in [2.75, 3.05) is 0 Å². The van der Waals surface area contributed by atoms with Crippen LogP contribution in [0.5, 0.6) is 0 Å². The third kappa shape index (κ3) is 3.22. The Morgan fingerprint density at radius 1 is 0.852 bits per heavy atom. The highest BCUT2D eigenvalue weighted by Crippen LogP contribution is 2.37. The van der Waals surface area contributed by atoms with E-state index in [1.54, 1.807) is 0 Å². The van der Waals surface area contributed by atoms with Crippen LogP contribution in [0.1, 0.15) is 44.7 Å². The standard InChI is InChI=1S/C25H25NO/c1-16(2)17-9-10-21-20(13-17)11-12-26-24(21)22-14-18-7-5-6-8-19(18)15-23(22)25(3,4)27/h5-16,27H,1-4H3. The lowest BCUT2D eigenvalue weighted by Crippen LogP contribution is -2.17. The molecule has 0 bridgehead atoms. The summed E-state index contributed by atoms with van der Waals surface area (Å²) in [7, 11) is 0. The van der Waals surface area contributed by atoms with Crippen molar-refractivity contribution in [3.63, 3.8) is 0 Å². The highest BCUT2D eigenvalue weighted by atomic mass is 16.3. The van der Waals surface area contributed by atoms with Crippen LogP contribution < -0.4 is 0 Å². The first-order valence-corrected chi connectivity index (χ1v) is 9.49. The lowest BCUT2D eigenvalue weighted by molar-refractivity contribution is 0.0793. The minimum absolute atomic E-state index is 0.485. The van der Waals surface area contributed by atoms with Crippen LogP contribution >= 0.6 is 0 Å². The summed E-state index contributed by atoms with van der Waals surface area (Å²) in [6.07, 6.45) is 1.87. The smallest absolute Gasteiger partial charge is 0.0847 e. The second-order valence-corrected chi connectivity index (χ2v) is 8.10. The van der Waals surface area contributed by atoms with Crippen molar-refractivity contribution < 1.29 is 5.11 Å². The molecule has 4 rings (SSSR count). The van der Waals surface area contributed by atoms with Gasteiger partial charge < -0.3 is 5.11 Å². The van der Waals surface area contributed by atoms with Crippen molar-refractivity contribution in [1.82, 2.24) is 4.98 Å². The maximum atomic E-state index is 10.9. The molecule has 0 saturated carbocycles. The van der Waals surface area contributed by atoms with Crippen molar-refractivity contribution in [3.8, 4) is 11.3 Å². The first-order valence-electron chi connectivity index (χ1n) is 9.49. The van der Waals surface area contributed by atoms with Gasteiger partial charge in [0.15, 0.2) is 0 Å². The number of benzene rings is 3. The molecule has 0 unspecified atom stereocenters. The molecule has 0 fully saturated rings. The zero-order valence-corrected chi connectivity index (χ0v) is 16.3. The Bertz CT molecular complexity index is 1140. The number of nitrogens with zero attached hydrogens (tertiary/aromatic N) is 1. The van der Waals surface area contributed by atoms with Crippen LogP contribution in [0.25, 0.3) is 32.8 Å². The summed E-state index contributed by atoms with van der Waals surface area (Å²) in [6, 6.07) is 21.2. The van der Waals surface area contributed by atoms with Gasteiger partial charge in [-0.05, 0) is 65.3 Å². The Hall–Kier alpha value is -2.71. The van der Waals surface area contributed by atoms with Gasteiger partial charge in [-0.1, -0.05) is 56.3 Å². The first kappa shape index (κ1) is 17.7. The summed E-state index contributed by atoms with van der Waals surface area (Å²) in [5.41, 5.74) is 3.17. The van der Waals surface area contributed by atoms with E-state index in [2.05, 4.69) is 62.4 Å². The topological polar surface area (TPSA) is 33.1 Å². The van der Waals surface area contributed by atoms with E-state index >= 15 is 0 Å². The number of pyridine rings is 1. The molecule has 3 aromatic carbocycles. The molecule has 0 spiro atoms. The quantitative estimate of drug-likeness (QED) is 0.461. The average Bonchev–Trinajstić information content (AvgIpc) is 2.65. The molecule has 0 aliphatic rings. The minimum atomic E-state index is -0.957. The zero-order chi connectivity index (χ0) is 19.2. The fraction of sp³-hybridized carbons (Fsp3) is 0.240. The first-order chi connectivity index (χ1) is 12.8. The van der Waals surface area contributed by atoms with Crippen LogP contribution in [0.3, 0.4) is 0 Å². The van der Waals surface area contributed by atoms with Crippen LogP contribution in [-0.4, -0.2) is 10.1 Å². The molecule has 2 nitrogen and oxygen atoms in total. The van der Waals surface area contributed by atoms with Gasteiger partial charge >= 0.3 is 0 Å². The highest BCUT2D eigenvalue weighted by Gasteiger charge is 2.23. The van der Waals surface area contributed by atoms with Crippen molar-refractivity contribution in [3.05, 3.63) is 78.0 Å². The number of aliphatic hydroxyl groups is 1. The number of rotatable bonds is 3. The molecule has 4 aromatic rings. The maximum absolute atomic E-state index is 10.9. The van der Waals surface area contributed by atoms with E-state index in [-0.39, 0.29) is 0 Å². The third-order valence-electron chi connectivity index (χ3n) is 5.26. The molecule has 136 valence electrons. The predicted octanol–water partition coefficient (Wildman–Crippen LogP) is 6.41. The van der Waals surface area contributed by atoms with Gasteiger partial charge in [-0.15, -0.1) is 0 Å². The average molecular weight is 355 g/mol. The number of aromatic nitrogens is 1. The summed E-state index contributed by atoms with van der Waals surface area (Å²) in [5.74, 6) is 0.485. The van der Waals surface area contributed by atoms with E-state index < -0.39 is 5.60 Å². The molecule has 1 N–H and O–H groups in total. The summed E-state index contributed by atoms with van der Waals surface area (Å²) in [5, 5.41) is 15.4. The molecule has 0 amide bonds. The van der Waals surface area contributed by atoms with Crippen LogP contribution in [0.2, 0.25) is 0 Å². The van der Waals surface area contributed by atoms with Gasteiger partial charge in [0.05, 0.1) is 11.3 Å². The molecule has 0 aliphatic carbocycles. The molecule has 0 saturated heterocycles. The Morgan fingerprint density at radius 2 is 1.56 bits per heavy atom. The zero-order valence-electron chi connectivity index (χ0n) is 16.3. The number of fused-ring (bicyclic) bond motifs is 2. The SMILES string of the molecule is CC(C)c1ccc2c(-c3cc4ccccc4cc3C(C)(C)O)nccc2c1. The van der Waals surface area contributed by atoms with E-state index in [9.17, 15) is 5.11 Å². The van der Waals surface area contributed by atoms with Crippen molar-refractivity contribution in [2.45, 2.75) is 39.2 Å². The molecule has 27 heavy (non-hydrogen) atoms. The van der Waals surface area contributed by atoms with Crippen LogP contribution in [0.4, 0.5) is 0 Å². The van der Waals surface area contributed by atoms with Gasteiger partial charge in [-0.2, -0.15) is 0 Å². The molecule has 1 heterocycles. The van der Waals surface area contributed by atoms with Crippen LogP contribution in [0.15, 0.2) is 66.9 Å². The van der Waals surface area contributed by atoms with E-state index in [0.29, 0.717) is 5.92 Å². The van der Waals surface area contributed by atoms with Crippen LogP contribution in [-0.2, 0) is 5.60 Å². The third-order valence-corrected chi connectivity index (χ3v) is 5.26. The summed E-state index contributed by atoms with van der Waals surface area (Å²) >= 11 is 0. The van der Waals surface area contributed by atoms with Gasteiger partial charge in [0.2, 0.25) is 0 Å². The molecular weight excluding hydrogens is 330 g/mol. The van der Waals surface area contributed by atoms with E-state index in [0.717, 1.165) is 33.0 Å². The highest BCUT2D eigenvalue weighted by molar-refractivity contribution is 5.98. The summed E-state index contributed by atoms with van der Waals surface area (Å²) in [4.78, 5) is 4.72. The fourth-order valence-corrected chi connectivity index (χ4v) is 3.71. The van der Waals surface area contributed by atoms with Crippen molar-refractivity contribution in [1.29, 1.82) is 0 Å². The molecule has 0 aliphatic heterocycles. The van der Waals surface area contributed by atoms with Gasteiger partial charge in [0.25, 0.3) is 0 Å². The van der Waals surface area contributed by atoms with Crippen molar-refractivity contribution >= 4 is 21.5 Å². The summed E-state index contributed by atoms with van der Waals surface area (Å²) < 4.78 is 0. The molecule has 2 heteroatoms. The second-order valence-electron chi connectivity index (χ2n) is 8.10. The monoisotopic (exact) mass is 355 g/mol. The van der Waals surface area contributed by atoms with Gasteiger partial charge in [0, 0.05) is 17.1 Å². The van der Waals surface area contributed by atoms with Gasteiger partial charge in [-0.3, -0.25) is 4.98 Å². The second kappa shape index (κ2) is 6.47. The lowest BCUT2D eigenvalue weighted by Gasteiger charge is -2.23. The Labute approximate surface area is 160 Å². The van der Waals surface area contributed by atoms with Gasteiger partial charge in [0.1, 0.15) is 0 Å². The predicted molar refractivity (Wildman–Crippen MR) is 114 cm³/mol. The normalized spacial score (nSPS) is 12.2. The molecule has 0 atom stereocenters. The lowest BCUT2D eigenvalue weighted by atomic mass is 9.87. The Balaban J connectivity index is 2.04. The van der Waals surface area contributed by atoms with Crippen LogP contribution in [0, 0.1) is 0 Å².